The largest absolute Gasteiger partial charge is 0.232 e. The van der Waals surface area contributed by atoms with Gasteiger partial charge in [0.15, 0.2) is 5.82 Å². The molecule has 2 aromatic rings. The minimum Gasteiger partial charge on any atom is -0.232 e. The number of aryl methyl sites for hydroxylation is 1. The van der Waals surface area contributed by atoms with Gasteiger partial charge in [-0.2, -0.15) is 5.10 Å². The molecule has 0 saturated carbocycles. The van der Waals surface area contributed by atoms with Crippen LogP contribution in [0.25, 0.3) is 5.82 Å². The van der Waals surface area contributed by atoms with Gasteiger partial charge in [-0.25, -0.2) is 14.6 Å². The molecule has 0 amide bonds. The van der Waals surface area contributed by atoms with Crippen molar-refractivity contribution < 1.29 is 0 Å². The van der Waals surface area contributed by atoms with Gasteiger partial charge in [0.25, 0.3) is 0 Å². The Kier molecular flexibility index (Phi) is 1.98. The molecule has 0 saturated heterocycles. The Labute approximate surface area is 80.2 Å². The molecule has 2 aromatic heterocycles. The van der Waals surface area contributed by atoms with E-state index in [1.165, 1.54) is 6.33 Å². The lowest BCUT2D eigenvalue weighted by Gasteiger charge is -2.01. The fourth-order valence-corrected chi connectivity index (χ4v) is 1.09. The predicted octanol–water partition coefficient (Wildman–Crippen LogP) is 1.62. The first-order chi connectivity index (χ1) is 6.27. The molecule has 0 radical (unpaired) electrons. The van der Waals surface area contributed by atoms with Gasteiger partial charge < -0.3 is 0 Å². The fraction of sp³-hybridized carbons (Fsp3) is 0.125. The van der Waals surface area contributed by atoms with Gasteiger partial charge in [0.2, 0.25) is 0 Å². The first-order valence-corrected chi connectivity index (χ1v) is 4.13. The Morgan fingerprint density at radius 2 is 2.23 bits per heavy atom. The molecule has 0 aliphatic rings. The van der Waals surface area contributed by atoms with Gasteiger partial charge in [0, 0.05) is 0 Å². The van der Waals surface area contributed by atoms with E-state index in [0.29, 0.717) is 5.02 Å². The van der Waals surface area contributed by atoms with Gasteiger partial charge in [0.05, 0.1) is 10.7 Å². The van der Waals surface area contributed by atoms with Crippen LogP contribution >= 0.6 is 11.6 Å². The molecule has 5 heteroatoms. The van der Waals surface area contributed by atoms with Gasteiger partial charge in [0.1, 0.15) is 12.7 Å². The average molecular weight is 195 g/mol. The van der Waals surface area contributed by atoms with Crippen LogP contribution in [0.5, 0.6) is 0 Å². The molecule has 2 heterocycles. The van der Waals surface area contributed by atoms with Gasteiger partial charge >= 0.3 is 0 Å². The van der Waals surface area contributed by atoms with Crippen LogP contribution < -0.4 is 0 Å². The van der Waals surface area contributed by atoms with Crippen molar-refractivity contribution in [2.75, 3.05) is 0 Å². The van der Waals surface area contributed by atoms with Crippen molar-refractivity contribution in [3.05, 3.63) is 35.5 Å². The van der Waals surface area contributed by atoms with Crippen LogP contribution in [0.15, 0.2) is 24.8 Å². The summed E-state index contributed by atoms with van der Waals surface area (Å²) >= 11 is 5.83. The zero-order chi connectivity index (χ0) is 9.26. The Hall–Kier alpha value is -1.42. The fourth-order valence-electron chi connectivity index (χ4n) is 0.985. The molecular weight excluding hydrogens is 188 g/mol. The summed E-state index contributed by atoms with van der Waals surface area (Å²) < 4.78 is 1.59. The van der Waals surface area contributed by atoms with Crippen molar-refractivity contribution in [1.82, 2.24) is 19.7 Å². The van der Waals surface area contributed by atoms with Crippen LogP contribution in [0, 0.1) is 6.92 Å². The lowest BCUT2D eigenvalue weighted by molar-refractivity contribution is 0.839. The summed E-state index contributed by atoms with van der Waals surface area (Å²) in [5.41, 5.74) is 0.787. The van der Waals surface area contributed by atoms with Crippen molar-refractivity contribution in [2.24, 2.45) is 0 Å². The zero-order valence-corrected chi connectivity index (χ0v) is 7.73. The Bertz CT molecular complexity index is 410. The summed E-state index contributed by atoms with van der Waals surface area (Å²) in [7, 11) is 0. The van der Waals surface area contributed by atoms with Crippen LogP contribution in [0.3, 0.4) is 0 Å². The zero-order valence-electron chi connectivity index (χ0n) is 6.98. The quantitative estimate of drug-likeness (QED) is 0.693. The van der Waals surface area contributed by atoms with Crippen molar-refractivity contribution in [3.63, 3.8) is 0 Å². The average Bonchev–Trinajstić information content (AvgIpc) is 2.62. The Morgan fingerprint density at radius 3 is 2.85 bits per heavy atom. The molecule has 0 aliphatic heterocycles. The number of rotatable bonds is 1. The lowest BCUT2D eigenvalue weighted by atomic mass is 10.4. The Balaban J connectivity index is 2.49. The molecule has 0 atom stereocenters. The standard InChI is InChI=1S/C8H7ClN4/c1-6-7(9)2-3-8(12-6)13-5-10-4-11-13/h2-5H,1H3. The molecule has 0 aliphatic carbocycles. The summed E-state index contributed by atoms with van der Waals surface area (Å²) in [6.07, 6.45) is 3.06. The predicted molar refractivity (Wildman–Crippen MR) is 48.9 cm³/mol. The van der Waals surface area contributed by atoms with Crippen LogP contribution in [-0.2, 0) is 0 Å². The molecule has 0 spiro atoms. The second-order valence-corrected chi connectivity index (χ2v) is 2.98. The summed E-state index contributed by atoms with van der Waals surface area (Å²) in [6, 6.07) is 3.59. The molecule has 66 valence electrons. The van der Waals surface area contributed by atoms with Crippen molar-refractivity contribution >= 4 is 11.6 Å². The van der Waals surface area contributed by atoms with Crippen molar-refractivity contribution in [3.8, 4) is 5.82 Å². The molecular formula is C8H7ClN4. The van der Waals surface area contributed by atoms with Crippen LogP contribution in [0.4, 0.5) is 0 Å². The number of nitrogens with zero attached hydrogens (tertiary/aromatic N) is 4. The monoisotopic (exact) mass is 194 g/mol. The minimum absolute atomic E-state index is 0.656. The van der Waals surface area contributed by atoms with Crippen LogP contribution in [0.1, 0.15) is 5.69 Å². The first kappa shape index (κ1) is 8.19. The van der Waals surface area contributed by atoms with E-state index in [9.17, 15) is 0 Å². The van der Waals surface area contributed by atoms with E-state index >= 15 is 0 Å². The molecule has 0 N–H and O–H groups in total. The maximum absolute atomic E-state index is 5.83. The van der Waals surface area contributed by atoms with Crippen LogP contribution in [-0.4, -0.2) is 19.7 Å². The van der Waals surface area contributed by atoms with E-state index < -0.39 is 0 Å². The highest BCUT2D eigenvalue weighted by Gasteiger charge is 2.00. The Morgan fingerprint density at radius 1 is 1.38 bits per heavy atom. The highest BCUT2D eigenvalue weighted by atomic mass is 35.5. The highest BCUT2D eigenvalue weighted by molar-refractivity contribution is 6.31. The van der Waals surface area contributed by atoms with Crippen molar-refractivity contribution in [2.45, 2.75) is 6.92 Å². The maximum Gasteiger partial charge on any atom is 0.155 e. The SMILES string of the molecule is Cc1nc(-n2cncn2)ccc1Cl. The molecule has 0 bridgehead atoms. The number of halogens is 1. The van der Waals surface area contributed by atoms with Gasteiger partial charge in [-0.15, -0.1) is 0 Å². The first-order valence-electron chi connectivity index (χ1n) is 3.75. The summed E-state index contributed by atoms with van der Waals surface area (Å²) in [5.74, 6) is 0.722. The number of hydrogen-bond acceptors (Lipinski definition) is 3. The number of aromatic nitrogens is 4. The summed E-state index contributed by atoms with van der Waals surface area (Å²) in [5, 5.41) is 4.61. The van der Waals surface area contributed by atoms with E-state index in [4.69, 9.17) is 11.6 Å². The van der Waals surface area contributed by atoms with Crippen LogP contribution in [0.2, 0.25) is 5.02 Å². The molecule has 13 heavy (non-hydrogen) atoms. The summed E-state index contributed by atoms with van der Waals surface area (Å²) in [4.78, 5) is 8.07. The van der Waals surface area contributed by atoms with E-state index in [2.05, 4.69) is 15.1 Å². The second-order valence-electron chi connectivity index (χ2n) is 2.58. The maximum atomic E-state index is 5.83. The van der Waals surface area contributed by atoms with E-state index in [-0.39, 0.29) is 0 Å². The normalized spacial score (nSPS) is 10.3. The lowest BCUT2D eigenvalue weighted by Crippen LogP contribution is -1.98. The van der Waals surface area contributed by atoms with Gasteiger partial charge in [-0.05, 0) is 19.1 Å². The second kappa shape index (κ2) is 3.14. The highest BCUT2D eigenvalue weighted by Crippen LogP contribution is 2.13. The van der Waals surface area contributed by atoms with Crippen molar-refractivity contribution in [1.29, 1.82) is 0 Å². The molecule has 4 nitrogen and oxygen atoms in total. The topological polar surface area (TPSA) is 43.6 Å². The number of pyridine rings is 1. The smallest absolute Gasteiger partial charge is 0.155 e. The van der Waals surface area contributed by atoms with E-state index in [1.54, 1.807) is 23.1 Å². The third kappa shape index (κ3) is 1.53. The number of hydrogen-bond donors (Lipinski definition) is 0. The molecule has 0 fully saturated rings. The van der Waals surface area contributed by atoms with Gasteiger partial charge in [-0.3, -0.25) is 0 Å². The molecule has 0 unspecified atom stereocenters. The molecule has 0 aromatic carbocycles. The third-order valence-corrected chi connectivity index (χ3v) is 2.06. The van der Waals surface area contributed by atoms with E-state index in [1.807, 2.05) is 6.92 Å². The molecule has 2 rings (SSSR count). The summed E-state index contributed by atoms with van der Waals surface area (Å²) in [6.45, 7) is 1.85. The van der Waals surface area contributed by atoms with Gasteiger partial charge in [-0.1, -0.05) is 11.6 Å². The third-order valence-electron chi connectivity index (χ3n) is 1.66. The van der Waals surface area contributed by atoms with E-state index in [0.717, 1.165) is 11.5 Å². The minimum atomic E-state index is 0.656.